The van der Waals surface area contributed by atoms with Crippen molar-refractivity contribution in [1.29, 1.82) is 0 Å². The fourth-order valence-electron chi connectivity index (χ4n) is 2.09. The molecule has 0 aliphatic rings. The lowest BCUT2D eigenvalue weighted by Crippen LogP contribution is -1.99. The Hall–Kier alpha value is -1.75. The minimum absolute atomic E-state index is 0.818. The SMILES string of the molecule is CCCc1nc(Br)cc(-c2cccc3nccn23)n1. The number of pyridine rings is 1. The topological polar surface area (TPSA) is 43.1 Å². The van der Waals surface area contributed by atoms with E-state index in [1.807, 2.05) is 34.9 Å². The van der Waals surface area contributed by atoms with E-state index in [1.54, 1.807) is 6.20 Å². The van der Waals surface area contributed by atoms with Gasteiger partial charge in [0.25, 0.3) is 0 Å². The predicted octanol–water partition coefficient (Wildman–Crippen LogP) is 3.51. The van der Waals surface area contributed by atoms with Crippen molar-refractivity contribution in [1.82, 2.24) is 19.4 Å². The van der Waals surface area contributed by atoms with E-state index in [4.69, 9.17) is 0 Å². The number of hydrogen-bond acceptors (Lipinski definition) is 3. The van der Waals surface area contributed by atoms with Crippen molar-refractivity contribution in [2.75, 3.05) is 0 Å². The molecule has 0 saturated heterocycles. The highest BCUT2D eigenvalue weighted by atomic mass is 79.9. The van der Waals surface area contributed by atoms with Crippen LogP contribution in [0.3, 0.4) is 0 Å². The summed E-state index contributed by atoms with van der Waals surface area (Å²) in [6, 6.07) is 7.95. The Labute approximate surface area is 119 Å². The van der Waals surface area contributed by atoms with Crippen molar-refractivity contribution in [2.24, 2.45) is 0 Å². The van der Waals surface area contributed by atoms with Crippen LogP contribution >= 0.6 is 15.9 Å². The van der Waals surface area contributed by atoms with Gasteiger partial charge < -0.3 is 0 Å². The maximum Gasteiger partial charge on any atom is 0.137 e. The fraction of sp³-hybridized carbons (Fsp3) is 0.214. The van der Waals surface area contributed by atoms with Crippen molar-refractivity contribution in [2.45, 2.75) is 19.8 Å². The molecule has 0 unspecified atom stereocenters. The standard InChI is InChI=1S/C14H13BrN4/c1-2-4-13-17-10(9-12(15)18-13)11-5-3-6-14-16-7-8-19(11)14/h3,5-9H,2,4H2,1H3. The lowest BCUT2D eigenvalue weighted by atomic mass is 10.2. The first-order valence-corrected chi connectivity index (χ1v) is 7.03. The smallest absolute Gasteiger partial charge is 0.137 e. The monoisotopic (exact) mass is 316 g/mol. The van der Waals surface area contributed by atoms with Crippen LogP contribution in [0, 0.1) is 0 Å². The van der Waals surface area contributed by atoms with E-state index in [0.717, 1.165) is 40.3 Å². The number of aryl methyl sites for hydroxylation is 1. The molecule has 19 heavy (non-hydrogen) atoms. The van der Waals surface area contributed by atoms with Gasteiger partial charge in [0.1, 0.15) is 16.1 Å². The van der Waals surface area contributed by atoms with Gasteiger partial charge in [-0.05, 0) is 40.5 Å². The summed E-state index contributed by atoms with van der Waals surface area (Å²) in [5.74, 6) is 0.865. The Morgan fingerprint density at radius 1 is 1.26 bits per heavy atom. The van der Waals surface area contributed by atoms with Gasteiger partial charge in [-0.3, -0.25) is 4.40 Å². The zero-order valence-electron chi connectivity index (χ0n) is 10.5. The quantitative estimate of drug-likeness (QED) is 0.694. The first-order chi connectivity index (χ1) is 9.28. The maximum atomic E-state index is 4.63. The van der Waals surface area contributed by atoms with Crippen molar-refractivity contribution in [3.63, 3.8) is 0 Å². The molecule has 96 valence electrons. The Morgan fingerprint density at radius 2 is 2.16 bits per heavy atom. The van der Waals surface area contributed by atoms with E-state index in [-0.39, 0.29) is 0 Å². The van der Waals surface area contributed by atoms with Crippen LogP contribution in [0.5, 0.6) is 0 Å². The molecular weight excluding hydrogens is 304 g/mol. The summed E-state index contributed by atoms with van der Waals surface area (Å²) in [5, 5.41) is 0. The number of halogens is 1. The summed E-state index contributed by atoms with van der Waals surface area (Å²) in [6.07, 6.45) is 5.65. The Kier molecular flexibility index (Phi) is 3.29. The van der Waals surface area contributed by atoms with E-state index in [1.165, 1.54) is 0 Å². The van der Waals surface area contributed by atoms with Gasteiger partial charge in [0.05, 0.1) is 11.4 Å². The van der Waals surface area contributed by atoms with Crippen molar-refractivity contribution in [3.05, 3.63) is 47.1 Å². The molecule has 0 radical (unpaired) electrons. The number of imidazole rings is 1. The summed E-state index contributed by atoms with van der Waals surface area (Å²) >= 11 is 3.46. The number of hydrogen-bond donors (Lipinski definition) is 0. The van der Waals surface area contributed by atoms with Gasteiger partial charge in [-0.15, -0.1) is 0 Å². The minimum atomic E-state index is 0.818. The molecule has 3 rings (SSSR count). The molecule has 0 aromatic carbocycles. The predicted molar refractivity (Wildman–Crippen MR) is 77.9 cm³/mol. The summed E-state index contributed by atoms with van der Waals surface area (Å²) in [6.45, 7) is 2.13. The third kappa shape index (κ3) is 2.38. The summed E-state index contributed by atoms with van der Waals surface area (Å²) in [4.78, 5) is 13.3. The van der Waals surface area contributed by atoms with Gasteiger partial charge in [-0.2, -0.15) is 0 Å². The van der Waals surface area contributed by atoms with Crippen LogP contribution in [-0.2, 0) is 6.42 Å². The highest BCUT2D eigenvalue weighted by Crippen LogP contribution is 2.21. The van der Waals surface area contributed by atoms with E-state index < -0.39 is 0 Å². The Morgan fingerprint density at radius 3 is 3.00 bits per heavy atom. The zero-order valence-corrected chi connectivity index (χ0v) is 12.1. The first-order valence-electron chi connectivity index (χ1n) is 6.24. The summed E-state index contributed by atoms with van der Waals surface area (Å²) in [5.41, 5.74) is 2.86. The average Bonchev–Trinajstić information content (AvgIpc) is 2.86. The van der Waals surface area contributed by atoms with Crippen LogP contribution in [0.1, 0.15) is 19.2 Å². The van der Waals surface area contributed by atoms with Crippen LogP contribution in [0.25, 0.3) is 17.0 Å². The largest absolute Gasteiger partial charge is 0.298 e. The van der Waals surface area contributed by atoms with Gasteiger partial charge in [0.15, 0.2) is 0 Å². The van der Waals surface area contributed by atoms with E-state index in [2.05, 4.69) is 37.8 Å². The lowest BCUT2D eigenvalue weighted by Gasteiger charge is -2.07. The number of rotatable bonds is 3. The average molecular weight is 317 g/mol. The van der Waals surface area contributed by atoms with Crippen LogP contribution < -0.4 is 0 Å². The fourth-order valence-corrected chi connectivity index (χ4v) is 2.51. The van der Waals surface area contributed by atoms with Crippen LogP contribution in [0.4, 0.5) is 0 Å². The highest BCUT2D eigenvalue weighted by Gasteiger charge is 2.08. The Bertz CT molecular complexity index is 720. The van der Waals surface area contributed by atoms with E-state index in [9.17, 15) is 0 Å². The molecule has 4 nitrogen and oxygen atoms in total. The second-order valence-electron chi connectivity index (χ2n) is 4.31. The zero-order chi connectivity index (χ0) is 13.2. The van der Waals surface area contributed by atoms with Crippen molar-refractivity contribution >= 4 is 21.6 Å². The molecule has 0 bridgehead atoms. The number of nitrogens with zero attached hydrogens (tertiary/aromatic N) is 4. The van der Waals surface area contributed by atoms with Gasteiger partial charge in [-0.1, -0.05) is 13.0 Å². The molecular formula is C14H13BrN4. The van der Waals surface area contributed by atoms with Crippen LogP contribution in [0.15, 0.2) is 41.3 Å². The van der Waals surface area contributed by atoms with Gasteiger partial charge in [0, 0.05) is 18.8 Å². The molecule has 0 amide bonds. The normalized spacial score (nSPS) is 11.1. The minimum Gasteiger partial charge on any atom is -0.298 e. The van der Waals surface area contributed by atoms with Crippen molar-refractivity contribution in [3.8, 4) is 11.4 Å². The molecule has 0 N–H and O–H groups in total. The van der Waals surface area contributed by atoms with Crippen LogP contribution in [0.2, 0.25) is 0 Å². The summed E-state index contributed by atoms with van der Waals surface area (Å²) < 4.78 is 2.85. The number of aromatic nitrogens is 4. The van der Waals surface area contributed by atoms with Gasteiger partial charge >= 0.3 is 0 Å². The first kappa shape index (κ1) is 12.3. The molecule has 0 atom stereocenters. The molecule has 3 aromatic rings. The van der Waals surface area contributed by atoms with Gasteiger partial charge in [0.2, 0.25) is 0 Å². The molecule has 3 heterocycles. The van der Waals surface area contributed by atoms with Gasteiger partial charge in [-0.25, -0.2) is 15.0 Å². The van der Waals surface area contributed by atoms with E-state index >= 15 is 0 Å². The Balaban J connectivity index is 2.18. The molecule has 0 saturated carbocycles. The lowest BCUT2D eigenvalue weighted by molar-refractivity contribution is 0.829. The van der Waals surface area contributed by atoms with E-state index in [0.29, 0.717) is 0 Å². The highest BCUT2D eigenvalue weighted by molar-refractivity contribution is 9.10. The van der Waals surface area contributed by atoms with Crippen LogP contribution in [-0.4, -0.2) is 19.4 Å². The molecule has 0 aliphatic heterocycles. The second kappa shape index (κ2) is 5.09. The second-order valence-corrected chi connectivity index (χ2v) is 5.12. The summed E-state index contributed by atoms with van der Waals surface area (Å²) in [7, 11) is 0. The maximum absolute atomic E-state index is 4.63. The third-order valence-electron chi connectivity index (χ3n) is 2.91. The third-order valence-corrected chi connectivity index (χ3v) is 3.31. The van der Waals surface area contributed by atoms with Crippen molar-refractivity contribution < 1.29 is 0 Å². The molecule has 0 spiro atoms. The molecule has 0 fully saturated rings. The molecule has 0 aliphatic carbocycles. The molecule has 5 heteroatoms. The molecule has 3 aromatic heterocycles. The number of fused-ring (bicyclic) bond motifs is 1.